The molecule has 2 aromatic rings. The molecular formula is C20H27N3O3. The molecule has 1 saturated heterocycles. The Kier molecular flexibility index (Phi) is 6.82. The topological polar surface area (TPSA) is 58.1 Å². The lowest BCUT2D eigenvalue weighted by molar-refractivity contribution is 0.0438. The Morgan fingerprint density at radius 3 is 2.38 bits per heavy atom. The van der Waals surface area contributed by atoms with Gasteiger partial charge in [0, 0.05) is 45.5 Å². The van der Waals surface area contributed by atoms with E-state index in [1.54, 1.807) is 7.11 Å². The Morgan fingerprint density at radius 1 is 1.00 bits per heavy atom. The molecule has 1 aliphatic heterocycles. The molecule has 6 heteroatoms. The third kappa shape index (κ3) is 5.42. The highest BCUT2D eigenvalue weighted by Gasteiger charge is 2.20. The second-order valence-corrected chi connectivity index (χ2v) is 6.51. The molecule has 1 aliphatic rings. The van der Waals surface area contributed by atoms with Crippen LogP contribution in [0, 0.1) is 0 Å². The van der Waals surface area contributed by atoms with Crippen molar-refractivity contribution in [3.05, 3.63) is 54.4 Å². The lowest BCUT2D eigenvalue weighted by Gasteiger charge is -2.35. The summed E-state index contributed by atoms with van der Waals surface area (Å²) in [4.78, 5) is 9.07. The third-order valence-electron chi connectivity index (χ3n) is 4.55. The van der Waals surface area contributed by atoms with E-state index < -0.39 is 6.10 Å². The van der Waals surface area contributed by atoms with Crippen molar-refractivity contribution in [2.75, 3.05) is 46.4 Å². The van der Waals surface area contributed by atoms with Crippen molar-refractivity contribution < 1.29 is 14.6 Å². The quantitative estimate of drug-likeness (QED) is 0.775. The fraction of sp³-hybridized carbons (Fsp3) is 0.450. The number of aliphatic hydroxyl groups excluding tert-OH is 1. The highest BCUT2D eigenvalue weighted by molar-refractivity contribution is 5.39. The second-order valence-electron chi connectivity index (χ2n) is 6.51. The molecule has 2 heterocycles. The maximum Gasteiger partial charge on any atom is 0.161 e. The molecule has 0 saturated carbocycles. The predicted molar refractivity (Wildman–Crippen MR) is 100 cm³/mol. The van der Waals surface area contributed by atoms with E-state index in [1.807, 2.05) is 42.6 Å². The lowest BCUT2D eigenvalue weighted by Crippen LogP contribution is -2.48. The molecule has 6 nitrogen and oxygen atoms in total. The average Bonchev–Trinajstić information content (AvgIpc) is 2.69. The van der Waals surface area contributed by atoms with Crippen molar-refractivity contribution in [1.29, 1.82) is 0 Å². The first-order chi connectivity index (χ1) is 12.7. The van der Waals surface area contributed by atoms with Crippen LogP contribution in [0.15, 0.2) is 48.7 Å². The van der Waals surface area contributed by atoms with Gasteiger partial charge in [0.25, 0.3) is 0 Å². The van der Waals surface area contributed by atoms with Crippen molar-refractivity contribution in [1.82, 2.24) is 14.8 Å². The van der Waals surface area contributed by atoms with E-state index >= 15 is 0 Å². The van der Waals surface area contributed by atoms with Crippen molar-refractivity contribution in [3.63, 3.8) is 0 Å². The molecule has 0 radical (unpaired) electrons. The molecule has 1 aromatic carbocycles. The minimum atomic E-state index is -0.526. The molecule has 140 valence electrons. The zero-order valence-corrected chi connectivity index (χ0v) is 15.3. The first-order valence-corrected chi connectivity index (χ1v) is 9.03. The maximum atomic E-state index is 10.3. The van der Waals surface area contributed by atoms with Crippen LogP contribution in [0.4, 0.5) is 0 Å². The summed E-state index contributed by atoms with van der Waals surface area (Å²) in [7, 11) is 1.61. The fourth-order valence-corrected chi connectivity index (χ4v) is 3.13. The number of piperazine rings is 1. The Bertz CT molecular complexity index is 660. The smallest absolute Gasteiger partial charge is 0.161 e. The number of ether oxygens (including phenoxy) is 2. The summed E-state index contributed by atoms with van der Waals surface area (Å²) in [6.45, 7) is 5.61. The number of hydrogen-bond acceptors (Lipinski definition) is 6. The van der Waals surface area contributed by atoms with Gasteiger partial charge in [0.05, 0.1) is 12.8 Å². The molecule has 1 fully saturated rings. The summed E-state index contributed by atoms with van der Waals surface area (Å²) in [6.07, 6.45) is 1.31. The van der Waals surface area contributed by atoms with Gasteiger partial charge >= 0.3 is 0 Å². The summed E-state index contributed by atoms with van der Waals surface area (Å²) in [5.74, 6) is 1.34. The Hall–Kier alpha value is -2.15. The first kappa shape index (κ1) is 18.6. The molecule has 0 spiro atoms. The number of nitrogens with zero attached hydrogens (tertiary/aromatic N) is 3. The van der Waals surface area contributed by atoms with Gasteiger partial charge in [0.15, 0.2) is 11.5 Å². The van der Waals surface area contributed by atoms with Crippen LogP contribution in [-0.2, 0) is 6.54 Å². The Morgan fingerprint density at radius 2 is 1.69 bits per heavy atom. The SMILES string of the molecule is COc1ccccc1OC[C@@H](O)CN1CCN(Cc2ccccn2)CC1. The summed E-state index contributed by atoms with van der Waals surface area (Å²) >= 11 is 0. The predicted octanol–water partition coefficient (Wildman–Crippen LogP) is 1.65. The minimum Gasteiger partial charge on any atom is -0.493 e. The third-order valence-corrected chi connectivity index (χ3v) is 4.55. The summed E-state index contributed by atoms with van der Waals surface area (Å²) in [5, 5.41) is 10.3. The van der Waals surface area contributed by atoms with Crippen molar-refractivity contribution in [2.24, 2.45) is 0 Å². The molecule has 0 bridgehead atoms. The molecule has 26 heavy (non-hydrogen) atoms. The summed E-state index contributed by atoms with van der Waals surface area (Å²) in [6, 6.07) is 13.5. The van der Waals surface area contributed by atoms with Gasteiger partial charge in [-0.25, -0.2) is 0 Å². The van der Waals surface area contributed by atoms with Crippen LogP contribution in [0.25, 0.3) is 0 Å². The number of benzene rings is 1. The standard InChI is InChI=1S/C20H27N3O3/c1-25-19-7-2-3-8-20(19)26-16-18(24)15-23-12-10-22(11-13-23)14-17-6-4-5-9-21-17/h2-9,18,24H,10-16H2,1H3/t18-/m0/s1. The Balaban J connectivity index is 1.38. The van der Waals surface area contributed by atoms with Gasteiger partial charge in [-0.2, -0.15) is 0 Å². The van der Waals surface area contributed by atoms with Gasteiger partial charge in [0.2, 0.25) is 0 Å². The molecule has 1 aromatic heterocycles. The monoisotopic (exact) mass is 357 g/mol. The van der Waals surface area contributed by atoms with Crippen molar-refractivity contribution >= 4 is 0 Å². The van der Waals surface area contributed by atoms with E-state index in [-0.39, 0.29) is 6.61 Å². The number of para-hydroxylation sites is 2. The highest BCUT2D eigenvalue weighted by Crippen LogP contribution is 2.25. The van der Waals surface area contributed by atoms with E-state index in [1.165, 1.54) is 0 Å². The van der Waals surface area contributed by atoms with Gasteiger partial charge in [-0.15, -0.1) is 0 Å². The van der Waals surface area contributed by atoms with E-state index in [2.05, 4.69) is 20.9 Å². The van der Waals surface area contributed by atoms with Crippen LogP contribution < -0.4 is 9.47 Å². The lowest BCUT2D eigenvalue weighted by atomic mass is 10.2. The number of rotatable bonds is 8. The van der Waals surface area contributed by atoms with Crippen LogP contribution in [0.5, 0.6) is 11.5 Å². The van der Waals surface area contributed by atoms with Gasteiger partial charge in [-0.05, 0) is 24.3 Å². The number of methoxy groups -OCH3 is 1. The van der Waals surface area contributed by atoms with Crippen LogP contribution in [-0.4, -0.2) is 72.4 Å². The summed E-state index contributed by atoms with van der Waals surface area (Å²) < 4.78 is 11.0. The number of aliphatic hydroxyl groups is 1. The van der Waals surface area contributed by atoms with E-state index in [0.717, 1.165) is 38.4 Å². The van der Waals surface area contributed by atoms with Crippen LogP contribution in [0.2, 0.25) is 0 Å². The van der Waals surface area contributed by atoms with Crippen LogP contribution in [0.1, 0.15) is 5.69 Å². The van der Waals surface area contributed by atoms with Crippen molar-refractivity contribution in [2.45, 2.75) is 12.6 Å². The molecule has 1 N–H and O–H groups in total. The summed E-state index contributed by atoms with van der Waals surface area (Å²) in [5.41, 5.74) is 1.10. The highest BCUT2D eigenvalue weighted by atomic mass is 16.5. The number of pyridine rings is 1. The molecule has 1 atom stereocenters. The largest absolute Gasteiger partial charge is 0.493 e. The molecule has 0 aliphatic carbocycles. The van der Waals surface area contributed by atoms with Gasteiger partial charge in [-0.3, -0.25) is 14.8 Å². The van der Waals surface area contributed by atoms with Crippen LogP contribution in [0.3, 0.4) is 0 Å². The zero-order chi connectivity index (χ0) is 18.2. The molecule has 3 rings (SSSR count). The number of β-amino-alcohol motifs (C(OH)–C–C–N with tert-alkyl or cyclic N) is 1. The average molecular weight is 357 g/mol. The van der Waals surface area contributed by atoms with Gasteiger partial charge < -0.3 is 14.6 Å². The van der Waals surface area contributed by atoms with Crippen molar-refractivity contribution in [3.8, 4) is 11.5 Å². The van der Waals surface area contributed by atoms with E-state index in [0.29, 0.717) is 18.0 Å². The second kappa shape index (κ2) is 9.52. The maximum absolute atomic E-state index is 10.3. The molecule has 0 unspecified atom stereocenters. The first-order valence-electron chi connectivity index (χ1n) is 9.03. The number of hydrogen-bond donors (Lipinski definition) is 1. The van der Waals surface area contributed by atoms with Gasteiger partial charge in [-0.1, -0.05) is 18.2 Å². The normalized spacial score (nSPS) is 17.0. The number of aromatic nitrogens is 1. The fourth-order valence-electron chi connectivity index (χ4n) is 3.13. The molecule has 0 amide bonds. The minimum absolute atomic E-state index is 0.258. The van der Waals surface area contributed by atoms with E-state index in [4.69, 9.17) is 9.47 Å². The van der Waals surface area contributed by atoms with Crippen LogP contribution >= 0.6 is 0 Å². The molecular weight excluding hydrogens is 330 g/mol. The van der Waals surface area contributed by atoms with E-state index in [9.17, 15) is 5.11 Å². The zero-order valence-electron chi connectivity index (χ0n) is 15.3. The van der Waals surface area contributed by atoms with Gasteiger partial charge in [0.1, 0.15) is 12.7 Å². The Labute approximate surface area is 155 Å².